The Morgan fingerprint density at radius 3 is 1.53 bits per heavy atom. The number of nitrogens with zero attached hydrogens (tertiary/aromatic N) is 2. The molecule has 2 N–H and O–H groups in total. The predicted octanol–water partition coefficient (Wildman–Crippen LogP) is 5.04. The number of aromatic nitrogens is 2. The Morgan fingerprint density at radius 1 is 0.500 bits per heavy atom. The minimum absolute atomic E-state index is 0.363. The molecule has 0 radical (unpaired) electrons. The second kappa shape index (κ2) is 9.34. The maximum atomic E-state index is 12.7. The Labute approximate surface area is 196 Å². The molecule has 2 amide bonds. The van der Waals surface area contributed by atoms with Crippen LogP contribution in [-0.4, -0.2) is 21.8 Å². The fraction of sp³-hybridized carbons (Fsp3) is 0. The number of benzene rings is 4. The molecule has 0 aliphatic carbocycles. The van der Waals surface area contributed by atoms with Crippen LogP contribution in [0.4, 0.5) is 0 Å². The summed E-state index contributed by atoms with van der Waals surface area (Å²) in [5.41, 5.74) is 10.4. The van der Waals surface area contributed by atoms with E-state index >= 15 is 0 Å². The van der Waals surface area contributed by atoms with E-state index in [0.717, 1.165) is 22.5 Å². The van der Waals surface area contributed by atoms with E-state index < -0.39 is 11.8 Å². The maximum absolute atomic E-state index is 12.7. The summed E-state index contributed by atoms with van der Waals surface area (Å²) in [6.07, 6.45) is 0. The van der Waals surface area contributed by atoms with Crippen LogP contribution < -0.4 is 10.9 Å². The number of fused-ring (bicyclic) bond motifs is 1. The highest BCUT2D eigenvalue weighted by Gasteiger charge is 2.15. The van der Waals surface area contributed by atoms with Crippen LogP contribution >= 0.6 is 0 Å². The van der Waals surface area contributed by atoms with Crippen molar-refractivity contribution in [3.63, 3.8) is 0 Å². The van der Waals surface area contributed by atoms with Gasteiger partial charge in [0.1, 0.15) is 0 Å². The van der Waals surface area contributed by atoms with E-state index in [1.165, 1.54) is 0 Å². The smallest absolute Gasteiger partial charge is 0.267 e. The molecule has 4 aromatic carbocycles. The third kappa shape index (κ3) is 4.38. The number of hydrazine groups is 1. The fourth-order valence-electron chi connectivity index (χ4n) is 3.64. The van der Waals surface area contributed by atoms with Gasteiger partial charge in [-0.25, -0.2) is 9.97 Å². The van der Waals surface area contributed by atoms with Gasteiger partial charge < -0.3 is 0 Å². The average molecular weight is 444 g/mol. The van der Waals surface area contributed by atoms with E-state index in [1.807, 2.05) is 66.7 Å². The van der Waals surface area contributed by atoms with Gasteiger partial charge in [-0.1, -0.05) is 78.9 Å². The highest BCUT2D eigenvalue weighted by molar-refractivity contribution is 6.01. The molecule has 6 heteroatoms. The van der Waals surface area contributed by atoms with Crippen LogP contribution in [0.5, 0.6) is 0 Å². The van der Waals surface area contributed by atoms with Crippen LogP contribution in [0.2, 0.25) is 0 Å². The Morgan fingerprint density at radius 2 is 0.971 bits per heavy atom. The molecule has 1 aromatic heterocycles. The van der Waals surface area contributed by atoms with E-state index in [0.29, 0.717) is 22.2 Å². The summed E-state index contributed by atoms with van der Waals surface area (Å²) in [6.45, 7) is 0. The van der Waals surface area contributed by atoms with Crippen LogP contribution in [0.1, 0.15) is 20.7 Å². The molecule has 0 bridgehead atoms. The van der Waals surface area contributed by atoms with Gasteiger partial charge in [0.05, 0.1) is 22.4 Å². The van der Waals surface area contributed by atoms with Crippen molar-refractivity contribution < 1.29 is 9.59 Å². The monoisotopic (exact) mass is 444 g/mol. The first-order valence-electron chi connectivity index (χ1n) is 10.8. The van der Waals surface area contributed by atoms with Gasteiger partial charge in [0.25, 0.3) is 11.8 Å². The second-order valence-electron chi connectivity index (χ2n) is 7.63. The van der Waals surface area contributed by atoms with E-state index in [4.69, 9.17) is 9.97 Å². The van der Waals surface area contributed by atoms with Crippen molar-refractivity contribution in [3.05, 3.63) is 120 Å². The fourth-order valence-corrected chi connectivity index (χ4v) is 3.64. The van der Waals surface area contributed by atoms with Gasteiger partial charge in [0, 0.05) is 22.3 Å². The Kier molecular flexibility index (Phi) is 5.78. The molecule has 5 rings (SSSR count). The Balaban J connectivity index is 1.48. The molecule has 6 nitrogen and oxygen atoms in total. The minimum Gasteiger partial charge on any atom is -0.267 e. The zero-order valence-corrected chi connectivity index (χ0v) is 18.1. The Hall–Kier alpha value is -4.84. The van der Waals surface area contributed by atoms with Crippen molar-refractivity contribution in [1.29, 1.82) is 0 Å². The van der Waals surface area contributed by atoms with Crippen molar-refractivity contribution in [2.75, 3.05) is 0 Å². The van der Waals surface area contributed by atoms with Gasteiger partial charge in [0.2, 0.25) is 0 Å². The van der Waals surface area contributed by atoms with Gasteiger partial charge in [-0.15, -0.1) is 0 Å². The van der Waals surface area contributed by atoms with Crippen molar-refractivity contribution >= 4 is 22.8 Å². The van der Waals surface area contributed by atoms with Gasteiger partial charge in [-0.05, 0) is 30.3 Å². The van der Waals surface area contributed by atoms with E-state index in [9.17, 15) is 9.59 Å². The first kappa shape index (κ1) is 21.0. The molecule has 5 aromatic rings. The highest BCUT2D eigenvalue weighted by Crippen LogP contribution is 2.31. The lowest BCUT2D eigenvalue weighted by atomic mass is 10.0. The van der Waals surface area contributed by atoms with Crippen LogP contribution in [0.3, 0.4) is 0 Å². The normalized spacial score (nSPS) is 10.6. The summed E-state index contributed by atoms with van der Waals surface area (Å²) in [5.74, 6) is -0.838. The van der Waals surface area contributed by atoms with E-state index in [2.05, 4.69) is 10.9 Å². The molecule has 164 valence electrons. The first-order chi connectivity index (χ1) is 16.7. The third-order valence-electron chi connectivity index (χ3n) is 5.35. The number of rotatable bonds is 4. The average Bonchev–Trinajstić information content (AvgIpc) is 2.92. The summed E-state index contributed by atoms with van der Waals surface area (Å²) in [4.78, 5) is 34.7. The summed E-state index contributed by atoms with van der Waals surface area (Å²) in [5, 5.41) is 0. The van der Waals surface area contributed by atoms with Gasteiger partial charge in [0.15, 0.2) is 0 Å². The molecule has 0 spiro atoms. The maximum Gasteiger partial charge on any atom is 0.269 e. The number of carbonyl (C=O) groups excluding carboxylic acids is 2. The third-order valence-corrected chi connectivity index (χ3v) is 5.35. The predicted molar refractivity (Wildman–Crippen MR) is 132 cm³/mol. The number of nitrogens with one attached hydrogen (secondary N) is 2. The van der Waals surface area contributed by atoms with Crippen molar-refractivity contribution in [2.45, 2.75) is 0 Å². The van der Waals surface area contributed by atoms with Crippen molar-refractivity contribution in [1.82, 2.24) is 20.8 Å². The zero-order chi connectivity index (χ0) is 23.3. The van der Waals surface area contributed by atoms with Gasteiger partial charge in [-0.2, -0.15) is 0 Å². The van der Waals surface area contributed by atoms with Crippen LogP contribution in [-0.2, 0) is 0 Å². The quantitative estimate of drug-likeness (QED) is 0.381. The summed E-state index contributed by atoms with van der Waals surface area (Å²) < 4.78 is 0. The van der Waals surface area contributed by atoms with Crippen molar-refractivity contribution in [3.8, 4) is 22.5 Å². The van der Waals surface area contributed by atoms with Gasteiger partial charge >= 0.3 is 0 Å². The minimum atomic E-state index is -0.443. The number of amides is 2. The van der Waals surface area contributed by atoms with Crippen molar-refractivity contribution in [2.24, 2.45) is 0 Å². The van der Waals surface area contributed by atoms with E-state index in [1.54, 1.807) is 42.5 Å². The summed E-state index contributed by atoms with van der Waals surface area (Å²) >= 11 is 0. The second-order valence-corrected chi connectivity index (χ2v) is 7.63. The molecule has 34 heavy (non-hydrogen) atoms. The standard InChI is InChI=1S/C28H20N4O2/c33-27(21-14-8-3-9-15-21)31-32-28(34)22-16-17-23-24(18-22)30-26(20-12-6-2-7-13-20)25(29-23)19-10-4-1-5-11-19/h1-18H,(H,31,33)(H,32,34). The zero-order valence-electron chi connectivity index (χ0n) is 18.1. The van der Waals surface area contributed by atoms with Crippen LogP contribution in [0.15, 0.2) is 109 Å². The molecule has 0 saturated heterocycles. The molecule has 0 aliphatic rings. The topological polar surface area (TPSA) is 84.0 Å². The number of carbonyl (C=O) groups is 2. The highest BCUT2D eigenvalue weighted by atomic mass is 16.2. The van der Waals surface area contributed by atoms with E-state index in [-0.39, 0.29) is 0 Å². The molecule has 0 atom stereocenters. The number of hydrogen-bond acceptors (Lipinski definition) is 4. The first-order valence-corrected chi connectivity index (χ1v) is 10.8. The molecule has 0 fully saturated rings. The lowest BCUT2D eigenvalue weighted by Gasteiger charge is -2.12. The summed E-state index contributed by atoms with van der Waals surface area (Å²) in [7, 11) is 0. The Bertz CT molecular complexity index is 1470. The van der Waals surface area contributed by atoms with Crippen LogP contribution in [0, 0.1) is 0 Å². The summed E-state index contributed by atoms with van der Waals surface area (Å²) in [6, 6.07) is 33.5. The molecule has 0 saturated carbocycles. The molecule has 0 unspecified atom stereocenters. The molecular weight excluding hydrogens is 424 g/mol. The largest absolute Gasteiger partial charge is 0.269 e. The van der Waals surface area contributed by atoms with Gasteiger partial charge in [-0.3, -0.25) is 20.4 Å². The number of hydrogen-bond donors (Lipinski definition) is 2. The lowest BCUT2D eigenvalue weighted by molar-refractivity contribution is 0.0847. The molecule has 1 heterocycles. The van der Waals surface area contributed by atoms with Crippen LogP contribution in [0.25, 0.3) is 33.5 Å². The SMILES string of the molecule is O=C(NNC(=O)c1ccc2nc(-c3ccccc3)c(-c3ccccc3)nc2c1)c1ccccc1. The molecular formula is C28H20N4O2. The molecule has 0 aliphatic heterocycles. The lowest BCUT2D eigenvalue weighted by Crippen LogP contribution is -2.41.